The highest BCUT2D eigenvalue weighted by molar-refractivity contribution is 5.65. The molecule has 0 saturated heterocycles. The molecule has 0 rings (SSSR count). The van der Waals surface area contributed by atoms with Crippen LogP contribution in [-0.4, -0.2) is 12.6 Å². The first-order valence-electron chi connectivity index (χ1n) is 4.08. The minimum Gasteiger partial charge on any atom is -0.466 e. The van der Waals surface area contributed by atoms with E-state index >= 15 is 0 Å². The summed E-state index contributed by atoms with van der Waals surface area (Å²) in [5.41, 5.74) is 1.04. The second-order valence-corrected chi connectivity index (χ2v) is 2.73. The lowest BCUT2D eigenvalue weighted by molar-refractivity contribution is -0.141. The molecule has 2 heteroatoms. The van der Waals surface area contributed by atoms with Crippen LogP contribution in [-0.2, 0) is 9.53 Å². The van der Waals surface area contributed by atoms with Crippen LogP contribution in [0.5, 0.6) is 0 Å². The minimum absolute atomic E-state index is 0.209. The summed E-state index contributed by atoms with van der Waals surface area (Å²) in [5, 5.41) is 0. The van der Waals surface area contributed by atoms with E-state index in [1.807, 2.05) is 19.1 Å². The molecular formula is C10H16O2. The van der Waals surface area contributed by atoms with Gasteiger partial charge in [0.2, 0.25) is 0 Å². The van der Waals surface area contributed by atoms with Crippen molar-refractivity contribution >= 4 is 5.97 Å². The van der Waals surface area contributed by atoms with Gasteiger partial charge in [0.1, 0.15) is 0 Å². The molecule has 0 aromatic rings. The number of hydrogen-bond donors (Lipinski definition) is 0. The molecule has 0 heterocycles. The van der Waals surface area contributed by atoms with Crippen molar-refractivity contribution in [1.82, 2.24) is 0 Å². The van der Waals surface area contributed by atoms with Gasteiger partial charge < -0.3 is 4.74 Å². The molecule has 0 radical (unpaired) electrons. The highest BCUT2D eigenvalue weighted by atomic mass is 16.5. The Hall–Kier alpha value is -1.05. The molecule has 2 nitrogen and oxygen atoms in total. The fourth-order valence-corrected chi connectivity index (χ4v) is 0.702. The molecule has 0 N–H and O–H groups in total. The first kappa shape index (κ1) is 11.0. The third-order valence-electron chi connectivity index (χ3n) is 1.22. The van der Waals surface area contributed by atoms with Gasteiger partial charge in [-0.3, -0.25) is 4.79 Å². The number of esters is 1. The van der Waals surface area contributed by atoms with E-state index in [0.29, 0.717) is 6.61 Å². The predicted molar refractivity (Wildman–Crippen MR) is 49.8 cm³/mol. The smallest absolute Gasteiger partial charge is 0.302 e. The number of carbonyl (C=O) groups is 1. The Labute approximate surface area is 73.9 Å². The number of hydrogen-bond acceptors (Lipinski definition) is 2. The molecule has 0 atom stereocenters. The molecular weight excluding hydrogens is 152 g/mol. The van der Waals surface area contributed by atoms with E-state index < -0.39 is 0 Å². The SMILES string of the molecule is C=C(C)/C=C/CCCOC(C)=O. The van der Waals surface area contributed by atoms with Crippen molar-refractivity contribution in [3.63, 3.8) is 0 Å². The molecule has 0 aromatic heterocycles. The molecule has 0 fully saturated rings. The van der Waals surface area contributed by atoms with Crippen LogP contribution in [0.15, 0.2) is 24.3 Å². The maximum Gasteiger partial charge on any atom is 0.302 e. The maximum atomic E-state index is 10.3. The molecule has 0 aromatic carbocycles. The lowest BCUT2D eigenvalue weighted by Crippen LogP contribution is -1.99. The second kappa shape index (κ2) is 6.65. The molecule has 0 amide bonds. The molecule has 0 aliphatic rings. The summed E-state index contributed by atoms with van der Waals surface area (Å²) in [5.74, 6) is -0.209. The normalized spacial score (nSPS) is 10.2. The van der Waals surface area contributed by atoms with Gasteiger partial charge in [-0.05, 0) is 19.8 Å². The summed E-state index contributed by atoms with van der Waals surface area (Å²) >= 11 is 0. The van der Waals surface area contributed by atoms with Crippen LogP contribution in [0.2, 0.25) is 0 Å². The molecule has 0 spiro atoms. The van der Waals surface area contributed by atoms with E-state index in [-0.39, 0.29) is 5.97 Å². The van der Waals surface area contributed by atoms with Crippen molar-refractivity contribution in [2.24, 2.45) is 0 Å². The summed E-state index contributed by atoms with van der Waals surface area (Å²) in [6, 6.07) is 0. The third-order valence-corrected chi connectivity index (χ3v) is 1.22. The third kappa shape index (κ3) is 8.95. The zero-order valence-electron chi connectivity index (χ0n) is 7.80. The highest BCUT2D eigenvalue weighted by Crippen LogP contribution is 1.96. The van der Waals surface area contributed by atoms with Crippen LogP contribution in [0.4, 0.5) is 0 Å². The fraction of sp³-hybridized carbons (Fsp3) is 0.500. The van der Waals surface area contributed by atoms with Gasteiger partial charge in [-0.25, -0.2) is 0 Å². The minimum atomic E-state index is -0.209. The lowest BCUT2D eigenvalue weighted by atomic mass is 10.2. The van der Waals surface area contributed by atoms with Crippen molar-refractivity contribution in [2.45, 2.75) is 26.7 Å². The van der Waals surface area contributed by atoms with Crippen molar-refractivity contribution in [1.29, 1.82) is 0 Å². The molecule has 12 heavy (non-hydrogen) atoms. The van der Waals surface area contributed by atoms with Gasteiger partial charge in [-0.15, -0.1) is 0 Å². The predicted octanol–water partition coefficient (Wildman–Crippen LogP) is 2.46. The average Bonchev–Trinajstić information content (AvgIpc) is 1.95. The number of rotatable bonds is 5. The molecule has 68 valence electrons. The quantitative estimate of drug-likeness (QED) is 0.358. The van der Waals surface area contributed by atoms with Gasteiger partial charge in [0.25, 0.3) is 0 Å². The van der Waals surface area contributed by atoms with E-state index in [1.54, 1.807) is 0 Å². The first-order chi connectivity index (χ1) is 5.63. The number of ether oxygens (including phenoxy) is 1. The lowest BCUT2D eigenvalue weighted by Gasteiger charge is -1.97. The monoisotopic (exact) mass is 168 g/mol. The van der Waals surface area contributed by atoms with Crippen LogP contribution in [0, 0.1) is 0 Å². The average molecular weight is 168 g/mol. The number of unbranched alkanes of at least 4 members (excludes halogenated alkanes) is 1. The summed E-state index contributed by atoms with van der Waals surface area (Å²) in [7, 11) is 0. The molecule has 0 aliphatic heterocycles. The summed E-state index contributed by atoms with van der Waals surface area (Å²) < 4.78 is 4.75. The Bertz CT molecular complexity index is 180. The topological polar surface area (TPSA) is 26.3 Å². The Kier molecular flexibility index (Phi) is 6.07. The highest BCUT2D eigenvalue weighted by Gasteiger charge is 1.89. The summed E-state index contributed by atoms with van der Waals surface area (Å²) in [4.78, 5) is 10.3. The van der Waals surface area contributed by atoms with Gasteiger partial charge in [-0.2, -0.15) is 0 Å². The van der Waals surface area contributed by atoms with Crippen molar-refractivity contribution in [3.8, 4) is 0 Å². The number of carbonyl (C=O) groups excluding carboxylic acids is 1. The van der Waals surface area contributed by atoms with Crippen LogP contribution in [0.3, 0.4) is 0 Å². The van der Waals surface area contributed by atoms with E-state index in [2.05, 4.69) is 6.58 Å². The Morgan fingerprint density at radius 1 is 1.50 bits per heavy atom. The van der Waals surface area contributed by atoms with E-state index in [9.17, 15) is 4.79 Å². The van der Waals surface area contributed by atoms with E-state index in [1.165, 1.54) is 6.92 Å². The van der Waals surface area contributed by atoms with Crippen LogP contribution in [0.25, 0.3) is 0 Å². The van der Waals surface area contributed by atoms with Gasteiger partial charge in [0, 0.05) is 6.92 Å². The summed E-state index contributed by atoms with van der Waals surface area (Å²) in [6.45, 7) is 7.61. The van der Waals surface area contributed by atoms with Gasteiger partial charge in [-0.1, -0.05) is 24.3 Å². The Morgan fingerprint density at radius 2 is 2.17 bits per heavy atom. The maximum absolute atomic E-state index is 10.3. The van der Waals surface area contributed by atoms with Gasteiger partial charge in [0.05, 0.1) is 6.61 Å². The molecule has 0 unspecified atom stereocenters. The standard InChI is InChI=1S/C10H16O2/c1-9(2)7-5-4-6-8-12-10(3)11/h5,7H,1,4,6,8H2,2-3H3/b7-5+. The molecule has 0 saturated carbocycles. The largest absolute Gasteiger partial charge is 0.466 e. The molecule has 0 aliphatic carbocycles. The first-order valence-corrected chi connectivity index (χ1v) is 4.08. The van der Waals surface area contributed by atoms with Crippen molar-refractivity contribution < 1.29 is 9.53 Å². The summed E-state index contributed by atoms with van der Waals surface area (Å²) in [6.07, 6.45) is 5.81. The Morgan fingerprint density at radius 3 is 2.67 bits per heavy atom. The van der Waals surface area contributed by atoms with Crippen molar-refractivity contribution in [2.75, 3.05) is 6.61 Å². The van der Waals surface area contributed by atoms with Gasteiger partial charge in [0.15, 0.2) is 0 Å². The molecule has 0 bridgehead atoms. The van der Waals surface area contributed by atoms with Crippen LogP contribution >= 0.6 is 0 Å². The van der Waals surface area contributed by atoms with E-state index in [0.717, 1.165) is 18.4 Å². The van der Waals surface area contributed by atoms with Crippen molar-refractivity contribution in [3.05, 3.63) is 24.3 Å². The zero-order chi connectivity index (χ0) is 9.40. The zero-order valence-corrected chi connectivity index (χ0v) is 7.80. The van der Waals surface area contributed by atoms with Gasteiger partial charge >= 0.3 is 5.97 Å². The van der Waals surface area contributed by atoms with Crippen LogP contribution in [0.1, 0.15) is 26.7 Å². The fourth-order valence-electron chi connectivity index (χ4n) is 0.702. The Balaban J connectivity index is 3.21. The second-order valence-electron chi connectivity index (χ2n) is 2.73. The van der Waals surface area contributed by atoms with Crippen LogP contribution < -0.4 is 0 Å². The number of allylic oxidation sites excluding steroid dienone is 3. The van der Waals surface area contributed by atoms with E-state index in [4.69, 9.17) is 4.74 Å².